The summed E-state index contributed by atoms with van der Waals surface area (Å²) in [7, 11) is 0. The first kappa shape index (κ1) is 13.9. The van der Waals surface area contributed by atoms with E-state index in [1.54, 1.807) is 0 Å². The van der Waals surface area contributed by atoms with E-state index in [9.17, 15) is 4.79 Å². The molecule has 6 nitrogen and oxygen atoms in total. The fourth-order valence-corrected chi connectivity index (χ4v) is 0.712. The average Bonchev–Trinajstić information content (AvgIpc) is 2.22. The van der Waals surface area contributed by atoms with Gasteiger partial charge in [-0.05, 0) is 13.0 Å². The van der Waals surface area contributed by atoms with Crippen molar-refractivity contribution in [1.82, 2.24) is 0 Å². The molecular formula is C9H16O6. The zero-order chi connectivity index (χ0) is 11.7. The van der Waals surface area contributed by atoms with Crippen LogP contribution in [0.3, 0.4) is 0 Å². The van der Waals surface area contributed by atoms with Crippen molar-refractivity contribution in [3.8, 4) is 0 Å². The fourth-order valence-electron chi connectivity index (χ4n) is 0.712. The molecule has 0 fully saturated rings. The van der Waals surface area contributed by atoms with Crippen LogP contribution in [0, 0.1) is 0 Å². The van der Waals surface area contributed by atoms with Gasteiger partial charge in [-0.1, -0.05) is 0 Å². The van der Waals surface area contributed by atoms with Crippen LogP contribution in [0.5, 0.6) is 0 Å². The predicted octanol–water partition coefficient (Wildman–Crippen LogP) is -1.20. The summed E-state index contributed by atoms with van der Waals surface area (Å²) in [5.41, 5.74) is 0. The van der Waals surface area contributed by atoms with E-state index in [0.717, 1.165) is 0 Å². The quantitative estimate of drug-likeness (QED) is 0.270. The van der Waals surface area contributed by atoms with Crippen molar-refractivity contribution in [1.29, 1.82) is 0 Å². The molecule has 0 spiro atoms. The van der Waals surface area contributed by atoms with E-state index in [1.165, 1.54) is 0 Å². The Balaban J connectivity index is 3.68. The molecular weight excluding hydrogens is 204 g/mol. The number of aliphatic hydroxyl groups is 3. The first-order valence-corrected chi connectivity index (χ1v) is 4.50. The van der Waals surface area contributed by atoms with E-state index in [4.69, 9.17) is 20.1 Å². The second-order valence-electron chi connectivity index (χ2n) is 2.76. The number of carbonyl (C=O) groups excluding carboxylic acids is 1. The topological polar surface area (TPSA) is 96.2 Å². The lowest BCUT2D eigenvalue weighted by Crippen LogP contribution is -2.21. The molecule has 88 valence electrons. The minimum atomic E-state index is -0.899. The van der Waals surface area contributed by atoms with Gasteiger partial charge in [-0.15, -0.1) is 0 Å². The molecule has 0 aliphatic rings. The van der Waals surface area contributed by atoms with Crippen LogP contribution in [0.15, 0.2) is 12.3 Å². The van der Waals surface area contributed by atoms with Gasteiger partial charge in [0.2, 0.25) is 0 Å². The van der Waals surface area contributed by atoms with Crippen molar-refractivity contribution in [3.63, 3.8) is 0 Å². The van der Waals surface area contributed by atoms with Crippen molar-refractivity contribution in [2.75, 3.05) is 26.4 Å². The van der Waals surface area contributed by atoms with Crippen LogP contribution in [0.2, 0.25) is 0 Å². The molecule has 6 heteroatoms. The molecule has 1 unspecified atom stereocenters. The average molecular weight is 220 g/mol. The molecule has 15 heavy (non-hydrogen) atoms. The molecule has 0 aromatic heterocycles. The molecule has 0 saturated carbocycles. The van der Waals surface area contributed by atoms with Crippen LogP contribution < -0.4 is 0 Å². The SMILES string of the molecule is C=C(OCCO)C(=O)OCC(O)CCO. The summed E-state index contributed by atoms with van der Waals surface area (Å²) in [6, 6.07) is 0. The highest BCUT2D eigenvalue weighted by molar-refractivity contribution is 5.85. The van der Waals surface area contributed by atoms with Crippen molar-refractivity contribution < 1.29 is 29.6 Å². The molecule has 0 rings (SSSR count). The third-order valence-corrected chi connectivity index (χ3v) is 1.46. The summed E-state index contributed by atoms with van der Waals surface area (Å²) in [5, 5.41) is 26.0. The predicted molar refractivity (Wildman–Crippen MR) is 50.8 cm³/mol. The number of aliphatic hydroxyl groups excluding tert-OH is 3. The number of esters is 1. The van der Waals surface area contributed by atoms with Gasteiger partial charge in [-0.25, -0.2) is 4.79 Å². The largest absolute Gasteiger partial charge is 0.485 e. The lowest BCUT2D eigenvalue weighted by molar-refractivity contribution is -0.146. The van der Waals surface area contributed by atoms with Gasteiger partial charge < -0.3 is 24.8 Å². The molecule has 1 atom stereocenters. The van der Waals surface area contributed by atoms with E-state index in [1.807, 2.05) is 0 Å². The van der Waals surface area contributed by atoms with E-state index >= 15 is 0 Å². The highest BCUT2D eigenvalue weighted by Gasteiger charge is 2.12. The molecule has 0 aliphatic heterocycles. The summed E-state index contributed by atoms with van der Waals surface area (Å²) in [6.45, 7) is 2.62. The van der Waals surface area contributed by atoms with Crippen molar-refractivity contribution in [2.45, 2.75) is 12.5 Å². The standard InChI is InChI=1S/C9H16O6/c1-7(14-5-4-11)9(13)15-6-8(12)2-3-10/h8,10-12H,1-6H2. The molecule has 0 aliphatic carbocycles. The van der Waals surface area contributed by atoms with Gasteiger partial charge in [0.15, 0.2) is 5.76 Å². The Morgan fingerprint density at radius 2 is 1.93 bits per heavy atom. The van der Waals surface area contributed by atoms with Gasteiger partial charge in [-0.2, -0.15) is 0 Å². The molecule has 0 aromatic rings. The summed E-state index contributed by atoms with van der Waals surface area (Å²) < 4.78 is 9.30. The molecule has 0 heterocycles. The van der Waals surface area contributed by atoms with Crippen LogP contribution in [0.1, 0.15) is 6.42 Å². The van der Waals surface area contributed by atoms with Gasteiger partial charge in [-0.3, -0.25) is 0 Å². The number of hydrogen-bond donors (Lipinski definition) is 3. The molecule has 0 aromatic carbocycles. The second-order valence-corrected chi connectivity index (χ2v) is 2.76. The third kappa shape index (κ3) is 6.89. The normalized spacial score (nSPS) is 11.9. The maximum atomic E-state index is 11.1. The lowest BCUT2D eigenvalue weighted by atomic mass is 10.3. The Morgan fingerprint density at radius 3 is 2.47 bits per heavy atom. The molecule has 0 radical (unpaired) electrons. The summed E-state index contributed by atoms with van der Waals surface area (Å²) in [4.78, 5) is 11.1. The molecule has 3 N–H and O–H groups in total. The Hall–Kier alpha value is -1.11. The van der Waals surface area contributed by atoms with Gasteiger partial charge in [0.25, 0.3) is 0 Å². The van der Waals surface area contributed by atoms with Gasteiger partial charge in [0.1, 0.15) is 13.2 Å². The summed E-state index contributed by atoms with van der Waals surface area (Å²) in [6.07, 6.45) is -0.762. The zero-order valence-corrected chi connectivity index (χ0v) is 8.39. The van der Waals surface area contributed by atoms with Crippen LogP contribution in [0.25, 0.3) is 0 Å². The molecule has 0 amide bonds. The Morgan fingerprint density at radius 1 is 1.27 bits per heavy atom. The van der Waals surface area contributed by atoms with Crippen LogP contribution >= 0.6 is 0 Å². The van der Waals surface area contributed by atoms with Gasteiger partial charge in [0.05, 0.1) is 12.7 Å². The van der Waals surface area contributed by atoms with Gasteiger partial charge >= 0.3 is 5.97 Å². The zero-order valence-electron chi connectivity index (χ0n) is 8.39. The van der Waals surface area contributed by atoms with Crippen LogP contribution in [-0.4, -0.2) is 53.8 Å². The van der Waals surface area contributed by atoms with E-state index < -0.39 is 12.1 Å². The maximum Gasteiger partial charge on any atom is 0.373 e. The first-order chi connectivity index (χ1) is 7.11. The minimum absolute atomic E-state index is 0.0346. The Bertz CT molecular complexity index is 203. The number of ether oxygens (including phenoxy) is 2. The Labute approximate surface area is 87.7 Å². The summed E-state index contributed by atoms with van der Waals surface area (Å²) >= 11 is 0. The molecule has 0 saturated heterocycles. The number of carbonyl (C=O) groups is 1. The lowest BCUT2D eigenvalue weighted by Gasteiger charge is -2.11. The van der Waals surface area contributed by atoms with Crippen molar-refractivity contribution in [3.05, 3.63) is 12.3 Å². The van der Waals surface area contributed by atoms with Gasteiger partial charge in [0, 0.05) is 6.61 Å². The minimum Gasteiger partial charge on any atom is -0.485 e. The van der Waals surface area contributed by atoms with Crippen molar-refractivity contribution >= 4 is 5.97 Å². The molecule has 0 bridgehead atoms. The van der Waals surface area contributed by atoms with Crippen molar-refractivity contribution in [2.24, 2.45) is 0 Å². The van der Waals surface area contributed by atoms with E-state index in [2.05, 4.69) is 11.3 Å². The monoisotopic (exact) mass is 220 g/mol. The second kappa shape index (κ2) is 8.22. The number of hydrogen-bond acceptors (Lipinski definition) is 6. The summed E-state index contributed by atoms with van der Waals surface area (Å²) in [5.74, 6) is -1.01. The number of rotatable bonds is 8. The van der Waals surface area contributed by atoms with Crippen LogP contribution in [-0.2, 0) is 14.3 Å². The highest BCUT2D eigenvalue weighted by Crippen LogP contribution is 1.99. The van der Waals surface area contributed by atoms with E-state index in [-0.39, 0.29) is 38.6 Å². The Kier molecular flexibility index (Phi) is 7.61. The maximum absolute atomic E-state index is 11.1. The van der Waals surface area contributed by atoms with Crippen LogP contribution in [0.4, 0.5) is 0 Å². The smallest absolute Gasteiger partial charge is 0.373 e. The highest BCUT2D eigenvalue weighted by atomic mass is 16.6. The third-order valence-electron chi connectivity index (χ3n) is 1.46. The fraction of sp³-hybridized carbons (Fsp3) is 0.667. The first-order valence-electron chi connectivity index (χ1n) is 4.50. The van der Waals surface area contributed by atoms with E-state index in [0.29, 0.717) is 0 Å².